The van der Waals surface area contributed by atoms with Gasteiger partial charge in [0.15, 0.2) is 0 Å². The zero-order valence-electron chi connectivity index (χ0n) is 12.3. The highest BCUT2D eigenvalue weighted by Gasteiger charge is 2.68. The summed E-state index contributed by atoms with van der Waals surface area (Å²) in [5.74, 6) is 2.51. The summed E-state index contributed by atoms with van der Waals surface area (Å²) >= 11 is 0. The van der Waals surface area contributed by atoms with Crippen LogP contribution < -0.4 is 0 Å². The average Bonchev–Trinajstić information content (AvgIpc) is 3.07. The van der Waals surface area contributed by atoms with Crippen molar-refractivity contribution in [3.63, 3.8) is 0 Å². The first kappa shape index (κ1) is 12.2. The van der Waals surface area contributed by atoms with Gasteiger partial charge in [-0.25, -0.2) is 0 Å². The van der Waals surface area contributed by atoms with Crippen molar-refractivity contribution < 1.29 is 9.63 Å². The van der Waals surface area contributed by atoms with Crippen LogP contribution in [0.1, 0.15) is 40.0 Å². The Morgan fingerprint density at radius 2 is 2.00 bits per heavy atom. The second-order valence-corrected chi connectivity index (χ2v) is 7.40. The number of nitrogens with zero attached hydrogens (tertiary/aromatic N) is 2. The van der Waals surface area contributed by atoms with Crippen molar-refractivity contribution in [2.75, 3.05) is 7.05 Å². The molecule has 0 unspecified atom stereocenters. The van der Waals surface area contributed by atoms with Gasteiger partial charge in [0.05, 0.1) is 6.10 Å². The third kappa shape index (κ3) is 1.21. The monoisotopic (exact) mass is 264 g/mol. The van der Waals surface area contributed by atoms with Crippen molar-refractivity contribution >= 4 is 5.91 Å². The molecule has 2 heterocycles. The fourth-order valence-corrected chi connectivity index (χ4v) is 5.09. The molecule has 0 N–H and O–H groups in total. The third-order valence-electron chi connectivity index (χ3n) is 6.56. The lowest BCUT2D eigenvalue weighted by molar-refractivity contribution is -0.244. The average molecular weight is 264 g/mol. The molecule has 2 bridgehead atoms. The van der Waals surface area contributed by atoms with Gasteiger partial charge in [-0.2, -0.15) is 5.06 Å². The maximum atomic E-state index is 12.7. The van der Waals surface area contributed by atoms with E-state index in [0.717, 1.165) is 5.92 Å². The van der Waals surface area contributed by atoms with Crippen LogP contribution in [0.25, 0.3) is 0 Å². The maximum Gasteiger partial charge on any atom is 0.244 e. The molecule has 1 amide bonds. The smallest absolute Gasteiger partial charge is 0.244 e. The number of likely N-dealkylation sites (N-methyl/N-ethyl adjacent to an activating group) is 1. The van der Waals surface area contributed by atoms with Crippen LogP contribution >= 0.6 is 0 Å². The highest BCUT2D eigenvalue weighted by molar-refractivity contribution is 5.85. The van der Waals surface area contributed by atoms with Gasteiger partial charge in [0.2, 0.25) is 5.91 Å². The molecule has 6 atom stereocenters. The molecule has 4 aliphatic rings. The van der Waals surface area contributed by atoms with Gasteiger partial charge in [-0.3, -0.25) is 9.63 Å². The number of rotatable bonds is 1. The third-order valence-corrected chi connectivity index (χ3v) is 6.56. The normalized spacial score (nSPS) is 52.4. The van der Waals surface area contributed by atoms with Gasteiger partial charge < -0.3 is 4.90 Å². The zero-order valence-corrected chi connectivity index (χ0v) is 12.3. The van der Waals surface area contributed by atoms with Crippen molar-refractivity contribution in [1.29, 1.82) is 0 Å². The lowest BCUT2D eigenvalue weighted by Crippen LogP contribution is -2.54. The molecule has 2 saturated heterocycles. The van der Waals surface area contributed by atoms with Crippen LogP contribution in [0.4, 0.5) is 0 Å². The summed E-state index contributed by atoms with van der Waals surface area (Å²) in [6, 6.07) is -0.0160. The number of hydroxylamine groups is 2. The van der Waals surface area contributed by atoms with E-state index in [1.165, 1.54) is 19.3 Å². The predicted octanol–water partition coefficient (Wildman–Crippen LogP) is 1.86. The second-order valence-electron chi connectivity index (χ2n) is 7.40. The standard InChI is InChI=1S/C15H24N2O2/c1-8(2)15(3)16(4)14(18)12-11-9-5-6-10(7-9)13(11)19-17(12)15/h8-13H,5-7H2,1-4H3/t9-,10+,11-,12+,13-,15+/m0/s1. The summed E-state index contributed by atoms with van der Waals surface area (Å²) < 4.78 is 0. The Kier molecular flexibility index (Phi) is 2.26. The molecule has 106 valence electrons. The van der Waals surface area contributed by atoms with E-state index in [9.17, 15) is 4.79 Å². The Balaban J connectivity index is 1.75. The van der Waals surface area contributed by atoms with E-state index >= 15 is 0 Å². The van der Waals surface area contributed by atoms with Gasteiger partial charge in [-0.05, 0) is 43.9 Å². The largest absolute Gasteiger partial charge is 0.324 e. The quantitative estimate of drug-likeness (QED) is 0.725. The van der Waals surface area contributed by atoms with E-state index in [4.69, 9.17) is 4.84 Å². The van der Waals surface area contributed by atoms with Gasteiger partial charge in [0, 0.05) is 13.0 Å². The lowest BCUT2D eigenvalue weighted by atomic mass is 9.82. The fraction of sp³-hybridized carbons (Fsp3) is 0.933. The Hall–Kier alpha value is -0.610. The molecule has 0 aromatic rings. The maximum absolute atomic E-state index is 12.7. The number of hydrogen-bond donors (Lipinski definition) is 0. The predicted molar refractivity (Wildman–Crippen MR) is 70.8 cm³/mol. The molecule has 19 heavy (non-hydrogen) atoms. The summed E-state index contributed by atoms with van der Waals surface area (Å²) in [4.78, 5) is 21.0. The molecule has 2 aliphatic heterocycles. The van der Waals surface area contributed by atoms with Gasteiger partial charge in [0.1, 0.15) is 11.7 Å². The molecule has 0 aromatic carbocycles. The van der Waals surface area contributed by atoms with Crippen LogP contribution in [0.15, 0.2) is 0 Å². The molecule has 4 nitrogen and oxygen atoms in total. The van der Waals surface area contributed by atoms with Gasteiger partial charge in [-0.1, -0.05) is 13.8 Å². The molecular formula is C15H24N2O2. The summed E-state index contributed by atoms with van der Waals surface area (Å²) in [5.41, 5.74) is -0.286. The topological polar surface area (TPSA) is 32.8 Å². The van der Waals surface area contributed by atoms with Crippen LogP contribution in [0, 0.1) is 23.7 Å². The highest BCUT2D eigenvalue weighted by Crippen LogP contribution is 2.59. The summed E-state index contributed by atoms with van der Waals surface area (Å²) in [7, 11) is 1.94. The Morgan fingerprint density at radius 3 is 2.68 bits per heavy atom. The minimum Gasteiger partial charge on any atom is -0.324 e. The SMILES string of the molecule is CC(C)[C@]1(C)N(C)C(=O)[C@H]2[C@@H]3[C@H]4CC[C@H](C4)[C@@H]3ON21. The Labute approximate surface area is 115 Å². The van der Waals surface area contributed by atoms with E-state index in [1.54, 1.807) is 0 Å². The Morgan fingerprint density at radius 1 is 1.32 bits per heavy atom. The molecule has 4 rings (SSSR count). The molecule has 2 saturated carbocycles. The van der Waals surface area contributed by atoms with Crippen molar-refractivity contribution in [3.05, 3.63) is 0 Å². The number of carbonyl (C=O) groups excluding carboxylic acids is 1. The van der Waals surface area contributed by atoms with Crippen molar-refractivity contribution in [2.24, 2.45) is 23.7 Å². The first-order chi connectivity index (χ1) is 8.96. The number of hydrogen-bond acceptors (Lipinski definition) is 3. The first-order valence-electron chi connectivity index (χ1n) is 7.70. The van der Waals surface area contributed by atoms with Crippen LogP contribution in [0.5, 0.6) is 0 Å². The van der Waals surface area contributed by atoms with E-state index in [0.29, 0.717) is 23.9 Å². The number of carbonyl (C=O) groups is 1. The van der Waals surface area contributed by atoms with Crippen LogP contribution in [0.3, 0.4) is 0 Å². The van der Waals surface area contributed by atoms with Crippen LogP contribution in [-0.2, 0) is 9.63 Å². The van der Waals surface area contributed by atoms with Crippen LogP contribution in [0.2, 0.25) is 0 Å². The Bertz CT molecular complexity index is 438. The van der Waals surface area contributed by atoms with E-state index < -0.39 is 0 Å². The lowest BCUT2D eigenvalue weighted by Gasteiger charge is -2.41. The summed E-state index contributed by atoms with van der Waals surface area (Å²) in [6.07, 6.45) is 4.21. The molecule has 2 aliphatic carbocycles. The van der Waals surface area contributed by atoms with Crippen molar-refractivity contribution in [3.8, 4) is 0 Å². The van der Waals surface area contributed by atoms with E-state index in [2.05, 4.69) is 25.8 Å². The number of fused-ring (bicyclic) bond motifs is 7. The van der Waals surface area contributed by atoms with E-state index in [-0.39, 0.29) is 17.6 Å². The van der Waals surface area contributed by atoms with Crippen molar-refractivity contribution in [1.82, 2.24) is 9.96 Å². The minimum absolute atomic E-state index is 0.0160. The summed E-state index contributed by atoms with van der Waals surface area (Å²) in [5, 5.41) is 2.07. The first-order valence-corrected chi connectivity index (χ1v) is 7.70. The second kappa shape index (κ2) is 3.53. The molecular weight excluding hydrogens is 240 g/mol. The minimum atomic E-state index is -0.286. The molecule has 0 radical (unpaired) electrons. The zero-order chi connectivity index (χ0) is 13.5. The van der Waals surface area contributed by atoms with Gasteiger partial charge >= 0.3 is 0 Å². The highest BCUT2D eigenvalue weighted by atomic mass is 16.7. The van der Waals surface area contributed by atoms with Gasteiger partial charge in [0.25, 0.3) is 0 Å². The fourth-order valence-electron chi connectivity index (χ4n) is 5.09. The molecule has 0 aromatic heterocycles. The summed E-state index contributed by atoms with van der Waals surface area (Å²) in [6.45, 7) is 6.51. The molecule has 0 spiro atoms. The van der Waals surface area contributed by atoms with Gasteiger partial charge in [-0.15, -0.1) is 0 Å². The molecule has 4 heteroatoms. The number of amides is 1. The van der Waals surface area contributed by atoms with Crippen LogP contribution in [-0.4, -0.2) is 40.7 Å². The molecule has 4 fully saturated rings. The van der Waals surface area contributed by atoms with Crippen molar-refractivity contribution in [2.45, 2.75) is 57.8 Å². The van der Waals surface area contributed by atoms with E-state index in [1.807, 2.05) is 11.9 Å².